The second kappa shape index (κ2) is 9.26. The van der Waals surface area contributed by atoms with Crippen molar-refractivity contribution in [3.63, 3.8) is 0 Å². The van der Waals surface area contributed by atoms with Gasteiger partial charge in [0.2, 0.25) is 5.91 Å². The Morgan fingerprint density at radius 2 is 1.90 bits per heavy atom. The first-order valence-electron chi connectivity index (χ1n) is 10.9. The predicted molar refractivity (Wildman–Crippen MR) is 117 cm³/mol. The molecule has 0 bridgehead atoms. The number of thiophene rings is 1. The van der Waals surface area contributed by atoms with Gasteiger partial charge in [0.1, 0.15) is 0 Å². The van der Waals surface area contributed by atoms with Gasteiger partial charge in [-0.05, 0) is 36.3 Å². The molecule has 0 aliphatic carbocycles. The van der Waals surface area contributed by atoms with Gasteiger partial charge >= 0.3 is 0 Å². The van der Waals surface area contributed by atoms with Crippen LogP contribution in [0.3, 0.4) is 0 Å². The lowest BCUT2D eigenvalue weighted by Crippen LogP contribution is -2.42. The Bertz CT molecular complexity index is 872. The first kappa shape index (κ1) is 20.4. The Morgan fingerprint density at radius 3 is 2.69 bits per heavy atom. The molecule has 0 N–H and O–H groups in total. The smallest absolute Gasteiger partial charge is 0.264 e. The van der Waals surface area contributed by atoms with Crippen LogP contribution < -0.4 is 0 Å². The molecule has 4 rings (SSSR count). The Kier molecular flexibility index (Phi) is 6.50. The fourth-order valence-electron chi connectivity index (χ4n) is 4.54. The average molecular weight is 415 g/mol. The zero-order chi connectivity index (χ0) is 20.2. The topological polar surface area (TPSA) is 49.9 Å². The fraction of sp³-hybridized carbons (Fsp3) is 0.565. The summed E-state index contributed by atoms with van der Waals surface area (Å²) in [6.07, 6.45) is 5.72. The highest BCUT2D eigenvalue weighted by atomic mass is 32.1. The molecule has 6 heteroatoms. The van der Waals surface area contributed by atoms with E-state index in [0.717, 1.165) is 47.4 Å². The molecule has 0 spiro atoms. The van der Waals surface area contributed by atoms with E-state index >= 15 is 0 Å². The molecular formula is C23H30N2O3S. The summed E-state index contributed by atoms with van der Waals surface area (Å²) in [7, 11) is 0. The molecule has 2 fully saturated rings. The number of likely N-dealkylation sites (tertiary alicyclic amines) is 1. The Balaban J connectivity index is 1.69. The summed E-state index contributed by atoms with van der Waals surface area (Å²) < 4.78 is 6.58. The van der Waals surface area contributed by atoms with Crippen molar-refractivity contribution in [3.05, 3.63) is 34.7 Å². The van der Waals surface area contributed by atoms with Crippen LogP contribution in [-0.4, -0.2) is 60.5 Å². The van der Waals surface area contributed by atoms with E-state index in [1.54, 1.807) is 11.3 Å². The average Bonchev–Trinajstić information content (AvgIpc) is 2.96. The summed E-state index contributed by atoms with van der Waals surface area (Å²) >= 11 is 1.60. The molecule has 1 atom stereocenters. The maximum atomic E-state index is 13.4. The number of nitrogens with zero attached hydrogens (tertiary/aromatic N) is 2. The summed E-state index contributed by atoms with van der Waals surface area (Å²) in [6.45, 7) is 5.29. The minimum absolute atomic E-state index is 0.117. The van der Waals surface area contributed by atoms with Crippen LogP contribution in [0.25, 0.3) is 10.1 Å². The number of carbonyl (C=O) groups is 2. The molecule has 3 heterocycles. The van der Waals surface area contributed by atoms with Crippen LogP contribution in [0.15, 0.2) is 24.3 Å². The van der Waals surface area contributed by atoms with E-state index in [0.29, 0.717) is 32.7 Å². The molecular weight excluding hydrogens is 384 g/mol. The standard InChI is InChI=1S/C23H30N2O3S/c1-2-21(26)25-11-7-3-4-8-17(25)16-19-18-9-5-6-10-20(18)29-22(19)23(27)24-12-14-28-15-13-24/h5-6,9-10,17H,2-4,7-8,11-16H2,1H3/t17-/m1/s1. The van der Waals surface area contributed by atoms with Gasteiger partial charge in [-0.25, -0.2) is 0 Å². The zero-order valence-corrected chi connectivity index (χ0v) is 18.0. The third-order valence-electron chi connectivity index (χ3n) is 6.13. The molecule has 2 saturated heterocycles. The first-order valence-corrected chi connectivity index (χ1v) is 11.7. The van der Waals surface area contributed by atoms with Crippen LogP contribution in [-0.2, 0) is 16.0 Å². The van der Waals surface area contributed by atoms with Gasteiger partial charge in [-0.3, -0.25) is 9.59 Å². The number of fused-ring (bicyclic) bond motifs is 1. The minimum atomic E-state index is 0.117. The molecule has 2 aliphatic heterocycles. The maximum absolute atomic E-state index is 13.4. The first-order chi connectivity index (χ1) is 14.2. The normalized spacial score (nSPS) is 20.7. The second-order valence-electron chi connectivity index (χ2n) is 7.96. The van der Waals surface area contributed by atoms with E-state index in [2.05, 4.69) is 17.0 Å². The number of hydrogen-bond acceptors (Lipinski definition) is 4. The van der Waals surface area contributed by atoms with E-state index in [-0.39, 0.29) is 17.9 Å². The van der Waals surface area contributed by atoms with Crippen LogP contribution in [0.5, 0.6) is 0 Å². The maximum Gasteiger partial charge on any atom is 0.264 e. The van der Waals surface area contributed by atoms with Crippen molar-refractivity contribution in [1.82, 2.24) is 9.80 Å². The molecule has 2 aromatic rings. The highest BCUT2D eigenvalue weighted by Gasteiger charge is 2.30. The van der Waals surface area contributed by atoms with Crippen molar-refractivity contribution in [2.24, 2.45) is 0 Å². The molecule has 156 valence electrons. The third kappa shape index (κ3) is 4.33. The van der Waals surface area contributed by atoms with E-state index in [4.69, 9.17) is 4.74 Å². The van der Waals surface area contributed by atoms with Gasteiger partial charge in [0.05, 0.1) is 18.1 Å². The molecule has 0 unspecified atom stereocenters. The number of carbonyl (C=O) groups excluding carboxylic acids is 2. The summed E-state index contributed by atoms with van der Waals surface area (Å²) in [6, 6.07) is 8.48. The van der Waals surface area contributed by atoms with Crippen LogP contribution in [0.4, 0.5) is 0 Å². The second-order valence-corrected chi connectivity index (χ2v) is 9.01. The molecule has 5 nitrogen and oxygen atoms in total. The Hall–Kier alpha value is -1.92. The zero-order valence-electron chi connectivity index (χ0n) is 17.2. The minimum Gasteiger partial charge on any atom is -0.378 e. The van der Waals surface area contributed by atoms with Crippen LogP contribution >= 0.6 is 11.3 Å². The summed E-state index contributed by atoms with van der Waals surface area (Å²) in [5.74, 6) is 0.351. The van der Waals surface area contributed by atoms with Crippen molar-refractivity contribution < 1.29 is 14.3 Å². The molecule has 1 aromatic heterocycles. The predicted octanol–water partition coefficient (Wildman–Crippen LogP) is 4.10. The van der Waals surface area contributed by atoms with Crippen molar-refractivity contribution in [3.8, 4) is 0 Å². The number of morpholine rings is 1. The van der Waals surface area contributed by atoms with Gasteiger partial charge in [0.25, 0.3) is 5.91 Å². The third-order valence-corrected chi connectivity index (χ3v) is 7.33. The van der Waals surface area contributed by atoms with Gasteiger partial charge in [0, 0.05) is 36.8 Å². The number of rotatable bonds is 4. The van der Waals surface area contributed by atoms with Crippen LogP contribution in [0, 0.1) is 0 Å². The monoisotopic (exact) mass is 414 g/mol. The number of ether oxygens (including phenoxy) is 1. The van der Waals surface area contributed by atoms with Gasteiger partial charge in [-0.1, -0.05) is 38.0 Å². The quantitative estimate of drug-likeness (QED) is 0.757. The van der Waals surface area contributed by atoms with Crippen LogP contribution in [0.1, 0.15) is 54.3 Å². The lowest BCUT2D eigenvalue weighted by atomic mass is 9.97. The molecule has 29 heavy (non-hydrogen) atoms. The van der Waals surface area contributed by atoms with E-state index in [9.17, 15) is 9.59 Å². The lowest BCUT2D eigenvalue weighted by molar-refractivity contribution is -0.133. The highest BCUT2D eigenvalue weighted by molar-refractivity contribution is 7.21. The number of amides is 2. The summed E-state index contributed by atoms with van der Waals surface area (Å²) in [5, 5.41) is 1.17. The van der Waals surface area contributed by atoms with Gasteiger partial charge in [-0.2, -0.15) is 0 Å². The van der Waals surface area contributed by atoms with E-state index in [1.807, 2.05) is 24.0 Å². The number of hydrogen-bond donors (Lipinski definition) is 0. The van der Waals surface area contributed by atoms with Gasteiger partial charge in [0.15, 0.2) is 0 Å². The lowest BCUT2D eigenvalue weighted by Gasteiger charge is -2.31. The highest BCUT2D eigenvalue weighted by Crippen LogP contribution is 2.35. The van der Waals surface area contributed by atoms with E-state index < -0.39 is 0 Å². The van der Waals surface area contributed by atoms with Crippen LogP contribution in [0.2, 0.25) is 0 Å². The largest absolute Gasteiger partial charge is 0.378 e. The summed E-state index contributed by atoms with van der Waals surface area (Å²) in [4.78, 5) is 30.8. The van der Waals surface area contributed by atoms with E-state index in [1.165, 1.54) is 11.8 Å². The van der Waals surface area contributed by atoms with Gasteiger partial charge < -0.3 is 14.5 Å². The molecule has 0 radical (unpaired) electrons. The molecule has 2 aliphatic rings. The Labute approximate surface area is 176 Å². The van der Waals surface area contributed by atoms with Gasteiger partial charge in [-0.15, -0.1) is 11.3 Å². The molecule has 1 aromatic carbocycles. The van der Waals surface area contributed by atoms with Crippen molar-refractivity contribution in [2.45, 2.75) is 51.5 Å². The molecule has 0 saturated carbocycles. The Morgan fingerprint density at radius 1 is 1.10 bits per heavy atom. The SMILES string of the molecule is CCC(=O)N1CCCCC[C@@H]1Cc1c(C(=O)N2CCOCC2)sc2ccccc12. The summed E-state index contributed by atoms with van der Waals surface area (Å²) in [5.41, 5.74) is 1.13. The fourth-order valence-corrected chi connectivity index (χ4v) is 5.74. The van der Waals surface area contributed by atoms with Crippen molar-refractivity contribution >= 4 is 33.2 Å². The van der Waals surface area contributed by atoms with Crippen molar-refractivity contribution in [1.29, 1.82) is 0 Å². The number of benzene rings is 1. The van der Waals surface area contributed by atoms with Crippen molar-refractivity contribution in [2.75, 3.05) is 32.8 Å². The molecule has 2 amide bonds.